The van der Waals surface area contributed by atoms with E-state index in [1.165, 1.54) is 12.1 Å². The summed E-state index contributed by atoms with van der Waals surface area (Å²) in [7, 11) is 0. The number of nitrogens with zero attached hydrogens (tertiary/aromatic N) is 3. The van der Waals surface area contributed by atoms with Crippen LogP contribution in [0.5, 0.6) is 0 Å². The number of aromatic nitrogens is 2. The van der Waals surface area contributed by atoms with Gasteiger partial charge in [0.1, 0.15) is 11.6 Å². The Kier molecular flexibility index (Phi) is 4.29. The zero-order valence-electron chi connectivity index (χ0n) is 15.4. The molecule has 2 aliphatic heterocycles. The number of fused-ring (bicyclic) bond motifs is 1. The third kappa shape index (κ3) is 3.14. The maximum Gasteiger partial charge on any atom is 0.254 e. The molecule has 2 fully saturated rings. The van der Waals surface area contributed by atoms with Crippen molar-refractivity contribution in [1.29, 1.82) is 0 Å². The lowest BCUT2D eigenvalue weighted by Crippen LogP contribution is -2.39. The average molecular weight is 380 g/mol. The zero-order chi connectivity index (χ0) is 19.1. The molecule has 3 heterocycles. The summed E-state index contributed by atoms with van der Waals surface area (Å²) < 4.78 is 18.7. The lowest BCUT2D eigenvalue weighted by atomic mass is 9.82. The van der Waals surface area contributed by atoms with Gasteiger partial charge in [0, 0.05) is 25.7 Å². The first-order valence-electron chi connectivity index (χ1n) is 9.63. The third-order valence-corrected chi connectivity index (χ3v) is 5.76. The van der Waals surface area contributed by atoms with Gasteiger partial charge in [-0.25, -0.2) is 4.39 Å². The molecule has 1 aromatic heterocycles. The van der Waals surface area contributed by atoms with Crippen LogP contribution in [0.1, 0.15) is 5.56 Å². The molecule has 5 rings (SSSR count). The molecule has 0 unspecified atom stereocenters. The molecule has 2 saturated heterocycles. The number of H-pyrrole nitrogens is 1. The van der Waals surface area contributed by atoms with Crippen LogP contribution in [0.2, 0.25) is 0 Å². The van der Waals surface area contributed by atoms with E-state index < -0.39 is 0 Å². The van der Waals surface area contributed by atoms with E-state index in [-0.39, 0.29) is 23.3 Å². The Morgan fingerprint density at radius 2 is 2.00 bits per heavy atom. The van der Waals surface area contributed by atoms with Crippen LogP contribution >= 0.6 is 0 Å². The topological polar surface area (TPSA) is 61.5 Å². The van der Waals surface area contributed by atoms with Gasteiger partial charge >= 0.3 is 0 Å². The molecule has 0 bridgehead atoms. The highest BCUT2D eigenvalue weighted by molar-refractivity contribution is 5.49. The van der Waals surface area contributed by atoms with E-state index in [9.17, 15) is 9.18 Å². The molecule has 1 N–H and O–H groups in total. The molecule has 6 nitrogen and oxygen atoms in total. The lowest BCUT2D eigenvalue weighted by molar-refractivity contribution is 0.122. The van der Waals surface area contributed by atoms with Gasteiger partial charge in [-0.1, -0.05) is 24.0 Å². The van der Waals surface area contributed by atoms with Crippen molar-refractivity contribution in [3.63, 3.8) is 0 Å². The molecule has 1 aliphatic carbocycles. The molecule has 3 aliphatic rings. The normalized spacial score (nSPS) is 25.7. The smallest absolute Gasteiger partial charge is 0.254 e. The van der Waals surface area contributed by atoms with Crippen LogP contribution in [-0.4, -0.2) is 48.9 Å². The van der Waals surface area contributed by atoms with E-state index in [1.807, 2.05) is 12.1 Å². The van der Waals surface area contributed by atoms with Crippen molar-refractivity contribution in [2.45, 2.75) is 12.5 Å². The van der Waals surface area contributed by atoms with E-state index >= 15 is 0 Å². The summed E-state index contributed by atoms with van der Waals surface area (Å²) in [6.07, 6.45) is 0.738. The second-order valence-corrected chi connectivity index (χ2v) is 7.50. The number of hydrogen-bond acceptors (Lipinski definition) is 5. The fourth-order valence-electron chi connectivity index (χ4n) is 4.23. The fraction of sp³-hybridized carbons (Fsp3) is 0.429. The Bertz CT molecular complexity index is 988. The maximum atomic E-state index is 13.3. The monoisotopic (exact) mass is 380 g/mol. The Labute approximate surface area is 162 Å². The summed E-state index contributed by atoms with van der Waals surface area (Å²) in [5.74, 6) is 8.07. The van der Waals surface area contributed by atoms with Crippen LogP contribution < -0.4 is 15.4 Å². The number of halogens is 1. The standard InChI is InChI=1S/C21H21FN4O2/c22-16-4-1-14(2-5-16)11-18-17-6-3-15(17)13-26(18)21-23-19(12-20(27)24-21)25-7-9-28-10-8-25/h1-2,4-5,12,15,17-18H,7-11,13H2,(H,23,24,27)/t15-,17-,18+/m0/s1. The lowest BCUT2D eigenvalue weighted by Gasteiger charge is -2.30. The highest BCUT2D eigenvalue weighted by Crippen LogP contribution is 2.37. The number of ether oxygens (including phenoxy) is 1. The first-order valence-corrected chi connectivity index (χ1v) is 9.63. The quantitative estimate of drug-likeness (QED) is 0.813. The van der Waals surface area contributed by atoms with Crippen LogP contribution in [0.3, 0.4) is 0 Å². The van der Waals surface area contributed by atoms with Crippen LogP contribution in [-0.2, 0) is 11.2 Å². The van der Waals surface area contributed by atoms with E-state index in [1.54, 1.807) is 6.07 Å². The van der Waals surface area contributed by atoms with Gasteiger partial charge in [0.05, 0.1) is 31.1 Å². The predicted molar refractivity (Wildman–Crippen MR) is 104 cm³/mol. The second kappa shape index (κ2) is 6.95. The van der Waals surface area contributed by atoms with Gasteiger partial charge in [0.15, 0.2) is 0 Å². The van der Waals surface area contributed by atoms with Crippen LogP contribution in [0.25, 0.3) is 0 Å². The van der Waals surface area contributed by atoms with Crippen LogP contribution in [0.4, 0.5) is 16.2 Å². The molecule has 28 heavy (non-hydrogen) atoms. The van der Waals surface area contributed by atoms with Crippen molar-refractivity contribution in [1.82, 2.24) is 9.97 Å². The van der Waals surface area contributed by atoms with Gasteiger partial charge in [-0.2, -0.15) is 4.98 Å². The van der Waals surface area contributed by atoms with E-state index in [0.29, 0.717) is 30.9 Å². The summed E-state index contributed by atoms with van der Waals surface area (Å²) >= 11 is 0. The van der Waals surface area contributed by atoms with Crippen molar-refractivity contribution in [3.05, 3.63) is 52.1 Å². The SMILES string of the molecule is O=c1cc(N2CCOCC2)nc(N2C[C@@H]3C#C[C@@H]3[C@H]2Cc2ccc(F)cc2)[nH]1. The van der Waals surface area contributed by atoms with Gasteiger partial charge in [-0.3, -0.25) is 9.78 Å². The fourth-order valence-corrected chi connectivity index (χ4v) is 4.23. The summed E-state index contributed by atoms with van der Waals surface area (Å²) in [5.41, 5.74) is 0.893. The number of anilines is 2. The highest BCUT2D eigenvalue weighted by atomic mass is 19.1. The Morgan fingerprint density at radius 1 is 1.21 bits per heavy atom. The number of rotatable bonds is 4. The highest BCUT2D eigenvalue weighted by Gasteiger charge is 2.44. The predicted octanol–water partition coefficient (Wildman–Crippen LogP) is 1.43. The molecule has 2 aromatic rings. The van der Waals surface area contributed by atoms with Gasteiger partial charge in [0.2, 0.25) is 5.95 Å². The zero-order valence-corrected chi connectivity index (χ0v) is 15.4. The van der Waals surface area contributed by atoms with Crippen LogP contribution in [0, 0.1) is 29.5 Å². The van der Waals surface area contributed by atoms with Gasteiger partial charge < -0.3 is 14.5 Å². The minimum absolute atomic E-state index is 0.111. The molecule has 0 amide bonds. The third-order valence-electron chi connectivity index (χ3n) is 5.76. The second-order valence-electron chi connectivity index (χ2n) is 7.50. The molecule has 144 valence electrons. The van der Waals surface area contributed by atoms with Crippen molar-refractivity contribution in [3.8, 4) is 11.8 Å². The van der Waals surface area contributed by atoms with Gasteiger partial charge in [-0.05, 0) is 24.1 Å². The van der Waals surface area contributed by atoms with E-state index in [2.05, 4.69) is 26.6 Å². The minimum Gasteiger partial charge on any atom is -0.378 e. The number of benzene rings is 1. The first-order chi connectivity index (χ1) is 13.7. The average Bonchev–Trinajstić information content (AvgIpc) is 2.93. The Hall–Kier alpha value is -2.85. The number of hydrogen-bond donors (Lipinski definition) is 1. The Morgan fingerprint density at radius 3 is 2.71 bits per heavy atom. The molecule has 7 heteroatoms. The van der Waals surface area contributed by atoms with E-state index in [0.717, 1.165) is 31.6 Å². The molecule has 1 aromatic carbocycles. The van der Waals surface area contributed by atoms with Gasteiger partial charge in [-0.15, -0.1) is 0 Å². The van der Waals surface area contributed by atoms with Gasteiger partial charge in [0.25, 0.3) is 5.56 Å². The molecule has 3 atom stereocenters. The molecular formula is C21H21FN4O2. The van der Waals surface area contributed by atoms with E-state index in [4.69, 9.17) is 9.72 Å². The molecular weight excluding hydrogens is 359 g/mol. The molecule has 0 saturated carbocycles. The van der Waals surface area contributed by atoms with Crippen molar-refractivity contribution in [2.75, 3.05) is 42.6 Å². The number of nitrogens with one attached hydrogen (secondary N) is 1. The molecule has 0 spiro atoms. The maximum absolute atomic E-state index is 13.3. The van der Waals surface area contributed by atoms with Crippen molar-refractivity contribution < 1.29 is 9.13 Å². The van der Waals surface area contributed by atoms with Crippen LogP contribution in [0.15, 0.2) is 35.1 Å². The first kappa shape index (κ1) is 17.3. The summed E-state index contributed by atoms with van der Waals surface area (Å²) in [6.45, 7) is 3.48. The molecule has 0 radical (unpaired) electrons. The van der Waals surface area contributed by atoms with Crippen molar-refractivity contribution >= 4 is 11.8 Å². The minimum atomic E-state index is -0.238. The summed E-state index contributed by atoms with van der Waals surface area (Å²) in [4.78, 5) is 24.2. The number of aromatic amines is 1. The largest absolute Gasteiger partial charge is 0.378 e. The number of morpholine rings is 1. The Balaban J connectivity index is 1.44. The summed E-state index contributed by atoms with van der Waals surface area (Å²) in [6, 6.07) is 8.25. The summed E-state index contributed by atoms with van der Waals surface area (Å²) in [5, 5.41) is 0. The van der Waals surface area contributed by atoms with Crippen molar-refractivity contribution in [2.24, 2.45) is 11.8 Å².